The van der Waals surface area contributed by atoms with Crippen LogP contribution in [0.1, 0.15) is 43.0 Å². The van der Waals surface area contributed by atoms with Gasteiger partial charge in [0, 0.05) is 21.4 Å². The summed E-state index contributed by atoms with van der Waals surface area (Å²) in [5, 5.41) is 7.37. The van der Waals surface area contributed by atoms with E-state index >= 15 is 0 Å². The molecule has 0 unspecified atom stereocenters. The Labute approximate surface area is 291 Å². The van der Waals surface area contributed by atoms with E-state index in [1.165, 1.54) is 0 Å². The van der Waals surface area contributed by atoms with E-state index in [2.05, 4.69) is 34.9 Å². The van der Waals surface area contributed by atoms with E-state index in [0.717, 1.165) is 33.4 Å². The molecule has 7 rings (SSSR count). The SMILES string of the molecule is O=C(Nc1ccc(C2(c3ccc(NC(=O)c4ccc(Cl)cc4Cl)cc3)c3ccccc3-c3ccccc32)cc1)c1ccc(Cl)cc1Cl. The van der Waals surface area contributed by atoms with Crippen molar-refractivity contribution in [1.82, 2.24) is 0 Å². The molecule has 0 atom stereocenters. The second-order valence-corrected chi connectivity index (χ2v) is 12.8. The normalized spacial score (nSPS) is 12.6. The standard InChI is InChI=1S/C39H24Cl4N2O2/c40-25-13-19-31(35(42)21-25)37(46)44-27-15-9-23(10-16-27)39(33-7-3-1-5-29(33)30-6-2-4-8-34(30)39)24-11-17-28(18-12-24)45-38(47)32-20-14-26(41)22-36(32)43/h1-22H,(H,44,46)(H,45,47). The average Bonchev–Trinajstić information content (AvgIpc) is 3.36. The maximum atomic E-state index is 13.0. The molecule has 0 heterocycles. The van der Waals surface area contributed by atoms with E-state index in [1.807, 2.05) is 72.8 Å². The third kappa shape index (κ3) is 5.58. The molecule has 2 N–H and O–H groups in total. The van der Waals surface area contributed by atoms with Crippen LogP contribution in [0.25, 0.3) is 11.1 Å². The molecule has 8 heteroatoms. The zero-order chi connectivity index (χ0) is 32.7. The van der Waals surface area contributed by atoms with Gasteiger partial charge < -0.3 is 10.6 Å². The Morgan fingerprint density at radius 3 is 1.23 bits per heavy atom. The summed E-state index contributed by atoms with van der Waals surface area (Å²) < 4.78 is 0. The summed E-state index contributed by atoms with van der Waals surface area (Å²) in [5.74, 6) is -0.661. The Morgan fingerprint density at radius 2 is 0.851 bits per heavy atom. The molecule has 0 aromatic heterocycles. The largest absolute Gasteiger partial charge is 0.322 e. The Kier molecular flexibility index (Phi) is 8.29. The molecule has 0 aliphatic heterocycles. The minimum absolute atomic E-state index is 0.278. The molecular weight excluding hydrogens is 670 g/mol. The van der Waals surface area contributed by atoms with Crippen molar-refractivity contribution < 1.29 is 9.59 Å². The van der Waals surface area contributed by atoms with E-state index in [-0.39, 0.29) is 21.9 Å². The number of hydrogen-bond donors (Lipinski definition) is 2. The van der Waals surface area contributed by atoms with Crippen LogP contribution in [0.2, 0.25) is 20.1 Å². The van der Waals surface area contributed by atoms with Gasteiger partial charge in [0.15, 0.2) is 0 Å². The molecule has 1 aliphatic carbocycles. The fraction of sp³-hybridized carbons (Fsp3) is 0.0256. The molecule has 0 spiro atoms. The van der Waals surface area contributed by atoms with Gasteiger partial charge in [-0.1, -0.05) is 119 Å². The number of amides is 2. The first-order valence-corrected chi connectivity index (χ1v) is 16.2. The van der Waals surface area contributed by atoms with E-state index in [4.69, 9.17) is 46.4 Å². The lowest BCUT2D eigenvalue weighted by Crippen LogP contribution is -2.28. The van der Waals surface area contributed by atoms with Gasteiger partial charge in [-0.15, -0.1) is 0 Å². The lowest BCUT2D eigenvalue weighted by atomic mass is 9.67. The monoisotopic (exact) mass is 692 g/mol. The molecule has 0 saturated heterocycles. The van der Waals surface area contributed by atoms with Crippen molar-refractivity contribution in [2.45, 2.75) is 5.41 Å². The van der Waals surface area contributed by atoms with Crippen LogP contribution in [0.4, 0.5) is 11.4 Å². The topological polar surface area (TPSA) is 58.2 Å². The van der Waals surface area contributed by atoms with Crippen LogP contribution in [0, 0.1) is 0 Å². The van der Waals surface area contributed by atoms with Crippen LogP contribution < -0.4 is 10.6 Å². The van der Waals surface area contributed by atoms with Crippen molar-refractivity contribution in [2.24, 2.45) is 0 Å². The summed E-state index contributed by atoms with van der Waals surface area (Å²) >= 11 is 24.6. The Bertz CT molecular complexity index is 2020. The molecule has 6 aromatic rings. The molecule has 0 bridgehead atoms. The third-order valence-electron chi connectivity index (χ3n) is 8.46. The zero-order valence-electron chi connectivity index (χ0n) is 24.5. The van der Waals surface area contributed by atoms with Gasteiger partial charge in [0.25, 0.3) is 11.8 Å². The smallest absolute Gasteiger partial charge is 0.257 e. The van der Waals surface area contributed by atoms with Gasteiger partial charge in [0.2, 0.25) is 0 Å². The zero-order valence-corrected chi connectivity index (χ0v) is 27.6. The second-order valence-electron chi connectivity index (χ2n) is 11.2. The van der Waals surface area contributed by atoms with Crippen LogP contribution in [-0.4, -0.2) is 11.8 Å². The highest BCUT2D eigenvalue weighted by Crippen LogP contribution is 2.56. The average molecular weight is 694 g/mol. The summed E-state index contributed by atoms with van der Waals surface area (Å²) in [4.78, 5) is 26.1. The molecule has 0 fully saturated rings. The first kappa shape index (κ1) is 31.0. The summed E-state index contributed by atoms with van der Waals surface area (Å²) in [5.41, 5.74) is 7.84. The first-order chi connectivity index (χ1) is 22.8. The van der Waals surface area contributed by atoms with Gasteiger partial charge in [-0.2, -0.15) is 0 Å². The number of anilines is 2. The third-order valence-corrected chi connectivity index (χ3v) is 9.55. The molecule has 47 heavy (non-hydrogen) atoms. The van der Waals surface area contributed by atoms with Gasteiger partial charge in [0.1, 0.15) is 0 Å². The quantitative estimate of drug-likeness (QED) is 0.182. The van der Waals surface area contributed by atoms with Crippen LogP contribution >= 0.6 is 46.4 Å². The number of benzene rings is 6. The van der Waals surface area contributed by atoms with Crippen LogP contribution in [0.3, 0.4) is 0 Å². The highest BCUT2D eigenvalue weighted by Gasteiger charge is 2.45. The molecule has 6 aromatic carbocycles. The van der Waals surface area contributed by atoms with Gasteiger partial charge in [0.05, 0.1) is 26.6 Å². The molecular formula is C39H24Cl4N2O2. The molecule has 0 saturated carbocycles. The number of rotatable bonds is 6. The summed E-state index contributed by atoms with van der Waals surface area (Å²) in [6, 6.07) is 42.1. The summed E-state index contributed by atoms with van der Waals surface area (Å²) in [7, 11) is 0. The maximum absolute atomic E-state index is 13.0. The van der Waals surface area contributed by atoms with E-state index in [9.17, 15) is 9.59 Å². The number of halogens is 4. The molecule has 4 nitrogen and oxygen atoms in total. The van der Waals surface area contributed by atoms with Crippen molar-refractivity contribution in [3.05, 3.63) is 187 Å². The maximum Gasteiger partial charge on any atom is 0.257 e. The lowest BCUT2D eigenvalue weighted by Gasteiger charge is -2.34. The predicted octanol–water partition coefficient (Wildman–Crippen LogP) is 11.2. The van der Waals surface area contributed by atoms with Crippen molar-refractivity contribution in [2.75, 3.05) is 10.6 Å². The highest BCUT2D eigenvalue weighted by atomic mass is 35.5. The van der Waals surface area contributed by atoms with E-state index in [0.29, 0.717) is 32.5 Å². The number of hydrogen-bond acceptors (Lipinski definition) is 2. The fourth-order valence-electron chi connectivity index (χ4n) is 6.37. The van der Waals surface area contributed by atoms with E-state index < -0.39 is 5.41 Å². The summed E-state index contributed by atoms with van der Waals surface area (Å²) in [6.07, 6.45) is 0. The minimum Gasteiger partial charge on any atom is -0.322 e. The van der Waals surface area contributed by atoms with Crippen LogP contribution in [0.15, 0.2) is 133 Å². The molecule has 230 valence electrons. The van der Waals surface area contributed by atoms with Crippen molar-refractivity contribution in [3.8, 4) is 11.1 Å². The Balaban J connectivity index is 1.28. The number of carbonyl (C=O) groups is 2. The molecule has 0 radical (unpaired) electrons. The lowest BCUT2D eigenvalue weighted by molar-refractivity contribution is 0.101. The second kappa shape index (κ2) is 12.6. The van der Waals surface area contributed by atoms with Crippen molar-refractivity contribution in [3.63, 3.8) is 0 Å². The first-order valence-electron chi connectivity index (χ1n) is 14.7. The van der Waals surface area contributed by atoms with Crippen molar-refractivity contribution >= 4 is 69.6 Å². The van der Waals surface area contributed by atoms with Gasteiger partial charge in [-0.25, -0.2) is 0 Å². The van der Waals surface area contributed by atoms with Gasteiger partial charge in [-0.3, -0.25) is 9.59 Å². The molecule has 1 aliphatic rings. The van der Waals surface area contributed by atoms with Gasteiger partial charge >= 0.3 is 0 Å². The Morgan fingerprint density at radius 1 is 0.468 bits per heavy atom. The predicted molar refractivity (Wildman–Crippen MR) is 193 cm³/mol. The number of nitrogens with one attached hydrogen (secondary N) is 2. The van der Waals surface area contributed by atoms with Crippen molar-refractivity contribution in [1.29, 1.82) is 0 Å². The minimum atomic E-state index is -0.669. The summed E-state index contributed by atoms with van der Waals surface area (Å²) in [6.45, 7) is 0. The van der Waals surface area contributed by atoms with Gasteiger partial charge in [-0.05, 0) is 94.0 Å². The Hall–Kier alpha value is -4.58. The van der Waals surface area contributed by atoms with Crippen LogP contribution in [-0.2, 0) is 5.41 Å². The highest BCUT2D eigenvalue weighted by molar-refractivity contribution is 6.37. The van der Waals surface area contributed by atoms with E-state index in [1.54, 1.807) is 36.4 Å². The fourth-order valence-corrected chi connectivity index (χ4v) is 7.36. The number of carbonyl (C=O) groups excluding carboxylic acids is 2. The van der Waals surface area contributed by atoms with Crippen LogP contribution in [0.5, 0.6) is 0 Å². The number of fused-ring (bicyclic) bond motifs is 3. The molecule has 2 amide bonds.